The van der Waals surface area contributed by atoms with Crippen LogP contribution in [0.4, 0.5) is 5.69 Å². The highest BCUT2D eigenvalue weighted by atomic mass is 31.1. The average Bonchev–Trinajstić information content (AvgIpc) is 3.70. The van der Waals surface area contributed by atoms with Crippen LogP contribution in [0.25, 0.3) is 0 Å². The number of hydrazone groups is 1. The second-order valence-electron chi connectivity index (χ2n) is 13.3. The second-order valence-corrected chi connectivity index (χ2v) is 16.0. The van der Waals surface area contributed by atoms with E-state index in [0.717, 1.165) is 22.7 Å². The Kier molecular flexibility index (Phi) is 8.86. The third kappa shape index (κ3) is 5.73. The first-order valence-corrected chi connectivity index (χ1v) is 18.5. The van der Waals surface area contributed by atoms with E-state index in [9.17, 15) is 0 Å². The van der Waals surface area contributed by atoms with Crippen LogP contribution >= 0.6 is 7.92 Å². The molecule has 226 valence electrons. The molecule has 0 radical (unpaired) electrons. The van der Waals surface area contributed by atoms with Crippen LogP contribution in [0, 0.1) is 6.20 Å². The monoisotopic (exact) mass is 601 g/mol. The van der Waals surface area contributed by atoms with E-state index in [2.05, 4.69) is 121 Å². The van der Waals surface area contributed by atoms with Gasteiger partial charge in [0.1, 0.15) is 22.8 Å². The van der Waals surface area contributed by atoms with Gasteiger partial charge < -0.3 is 0 Å². The average molecular weight is 602 g/mol. The summed E-state index contributed by atoms with van der Waals surface area (Å²) >= 11 is 0. The van der Waals surface area contributed by atoms with Gasteiger partial charge in [-0.2, -0.15) is 5.10 Å². The summed E-state index contributed by atoms with van der Waals surface area (Å²) in [7, 11) is -0.394. The highest BCUT2D eigenvalue weighted by Gasteiger charge is 2.49. The fourth-order valence-corrected chi connectivity index (χ4v) is 12.0. The molecule has 3 aromatic carbocycles. The molecular formula is C39H46N4P+. The van der Waals surface area contributed by atoms with Gasteiger partial charge in [-0.25, -0.2) is 0 Å². The van der Waals surface area contributed by atoms with Gasteiger partial charge in [-0.05, 0) is 73.2 Å². The van der Waals surface area contributed by atoms with E-state index >= 15 is 0 Å². The van der Waals surface area contributed by atoms with Crippen molar-refractivity contribution in [3.05, 3.63) is 114 Å². The summed E-state index contributed by atoms with van der Waals surface area (Å²) in [5.41, 5.74) is 9.08. The van der Waals surface area contributed by atoms with Crippen LogP contribution in [0.15, 0.2) is 96.1 Å². The van der Waals surface area contributed by atoms with E-state index in [0.29, 0.717) is 5.92 Å². The van der Waals surface area contributed by atoms with Crippen LogP contribution in [0.1, 0.15) is 113 Å². The summed E-state index contributed by atoms with van der Waals surface area (Å²) in [6.07, 6.45) is 17.4. The Labute approximate surface area is 265 Å². The molecule has 0 bridgehead atoms. The number of nitrogens with zero attached hydrogens (tertiary/aromatic N) is 4. The summed E-state index contributed by atoms with van der Waals surface area (Å²) in [5.74, 6) is 0.384. The Balaban J connectivity index is 1.45. The zero-order valence-corrected chi connectivity index (χ0v) is 27.2. The molecule has 7 rings (SSSR count). The molecule has 1 aromatic heterocycles. The van der Waals surface area contributed by atoms with Crippen molar-refractivity contribution in [3.63, 3.8) is 0 Å². The highest BCUT2D eigenvalue weighted by Crippen LogP contribution is 2.56. The molecule has 2 atom stereocenters. The third-order valence-electron chi connectivity index (χ3n) is 10.0. The minimum absolute atomic E-state index is 0.0181. The van der Waals surface area contributed by atoms with Crippen LogP contribution in [0.5, 0.6) is 0 Å². The van der Waals surface area contributed by atoms with E-state index in [4.69, 9.17) is 10.2 Å². The molecule has 2 fully saturated rings. The number of rotatable bonds is 8. The first-order valence-electron chi connectivity index (χ1n) is 17.0. The molecule has 0 spiro atoms. The lowest BCUT2D eigenvalue weighted by atomic mass is 9.93. The number of hydrogen-bond acceptors (Lipinski definition) is 2. The van der Waals surface area contributed by atoms with Gasteiger partial charge in [0.25, 0.3) is 0 Å². The molecule has 0 amide bonds. The molecule has 44 heavy (non-hydrogen) atoms. The number of para-hydroxylation sites is 1. The molecule has 1 aliphatic heterocycles. The Bertz CT molecular complexity index is 1500. The summed E-state index contributed by atoms with van der Waals surface area (Å²) in [6, 6.07) is 32.5. The smallest absolute Gasteiger partial charge is 0.255 e. The van der Waals surface area contributed by atoms with Crippen LogP contribution in [0.2, 0.25) is 0 Å². The Morgan fingerprint density at radius 1 is 0.705 bits per heavy atom. The summed E-state index contributed by atoms with van der Waals surface area (Å²) in [4.78, 5) is 0. The second kappa shape index (κ2) is 13.3. The van der Waals surface area contributed by atoms with Crippen LogP contribution in [0.3, 0.4) is 0 Å². The first kappa shape index (κ1) is 29.3. The Morgan fingerprint density at radius 2 is 1.25 bits per heavy atom. The fraction of sp³-hybridized carbons (Fsp3) is 0.436. The van der Waals surface area contributed by atoms with Crippen LogP contribution in [-0.2, 0) is 0 Å². The normalized spacial score (nSPS) is 21.5. The zero-order valence-electron chi connectivity index (χ0n) is 26.4. The molecule has 2 aliphatic carbocycles. The van der Waals surface area contributed by atoms with Crippen molar-refractivity contribution >= 4 is 24.8 Å². The zero-order chi connectivity index (χ0) is 29.9. The molecule has 2 unspecified atom stereocenters. The molecule has 2 heterocycles. The van der Waals surface area contributed by atoms with Gasteiger partial charge in [-0.15, -0.1) is 0 Å². The lowest BCUT2D eigenvalue weighted by molar-refractivity contribution is -0.418. The quantitative estimate of drug-likeness (QED) is 0.189. The van der Waals surface area contributed by atoms with E-state index in [-0.39, 0.29) is 12.1 Å². The summed E-state index contributed by atoms with van der Waals surface area (Å²) in [6.45, 7) is 4.70. The molecule has 4 aromatic rings. The van der Waals surface area contributed by atoms with Crippen molar-refractivity contribution < 1.29 is 5.10 Å². The van der Waals surface area contributed by atoms with Crippen molar-refractivity contribution in [1.29, 1.82) is 0 Å². The Morgan fingerprint density at radius 3 is 1.82 bits per heavy atom. The highest BCUT2D eigenvalue weighted by molar-refractivity contribution is 7.66. The van der Waals surface area contributed by atoms with Gasteiger partial charge in [0.15, 0.2) is 6.04 Å². The summed E-state index contributed by atoms with van der Waals surface area (Å²) < 4.78 is 2.47. The van der Waals surface area contributed by atoms with E-state index in [1.54, 1.807) is 0 Å². The maximum Gasteiger partial charge on any atom is 0.356 e. The molecular weight excluding hydrogens is 555 g/mol. The van der Waals surface area contributed by atoms with Crippen molar-refractivity contribution in [3.8, 4) is 0 Å². The first-order chi connectivity index (χ1) is 21.7. The number of hydrogen-bond donors (Lipinski definition) is 0. The van der Waals surface area contributed by atoms with Gasteiger partial charge in [-0.1, -0.05) is 131 Å². The third-order valence-corrected chi connectivity index (χ3v) is 13.6. The maximum atomic E-state index is 5.51. The Hall–Kier alpha value is -3.41. The van der Waals surface area contributed by atoms with Crippen LogP contribution < -0.4 is 15.5 Å². The standard InChI is InChI=1S/C39H46N4P/c1-29(2)35-28-40-43(39(35)44(33-24-14-6-15-25-33)34-26-16-7-17-27-34)38-36(30-18-8-3-9-19-30)41-42(32-22-12-5-13-23-32)37(38)31-20-10-4-11-21-31/h3-5,8-13,18-23,29,33-34,37-38H,6-7,14-17,24-27H2,1-2H3/q+1. The van der Waals surface area contributed by atoms with E-state index < -0.39 is 7.92 Å². The molecule has 2 saturated carbocycles. The lowest BCUT2D eigenvalue weighted by Gasteiger charge is -2.38. The maximum absolute atomic E-state index is 5.51. The SMILES string of the molecule is CC(C)c1c#[n+]n(C2C(c3ccccc3)=NN(c3ccccc3)C2c2ccccc2)c1P(C1CCCCC1)C1CCCCC1. The molecule has 3 aliphatic rings. The van der Waals surface area contributed by atoms with Crippen molar-refractivity contribution in [1.82, 2.24) is 4.68 Å². The van der Waals surface area contributed by atoms with Gasteiger partial charge in [0.2, 0.25) is 0 Å². The summed E-state index contributed by atoms with van der Waals surface area (Å²) in [5, 5.41) is 13.1. The van der Waals surface area contributed by atoms with E-state index in [1.807, 2.05) is 0 Å². The van der Waals surface area contributed by atoms with Crippen molar-refractivity contribution in [2.45, 2.75) is 107 Å². The van der Waals surface area contributed by atoms with Crippen molar-refractivity contribution in [2.75, 3.05) is 5.01 Å². The minimum Gasteiger partial charge on any atom is -0.255 e. The topological polar surface area (TPSA) is 34.6 Å². The van der Waals surface area contributed by atoms with E-state index in [1.165, 1.54) is 86.3 Å². The minimum atomic E-state index is -0.394. The fourth-order valence-electron chi connectivity index (χ4n) is 7.91. The number of aromatic nitrogens is 2. The van der Waals surface area contributed by atoms with Gasteiger partial charge in [0.05, 0.1) is 10.8 Å². The van der Waals surface area contributed by atoms with Crippen molar-refractivity contribution in [2.24, 2.45) is 5.10 Å². The number of benzene rings is 3. The lowest BCUT2D eigenvalue weighted by Crippen LogP contribution is -2.41. The molecule has 0 N–H and O–H groups in total. The van der Waals surface area contributed by atoms with Gasteiger partial charge in [-0.3, -0.25) is 5.01 Å². The molecule has 5 heteroatoms. The van der Waals surface area contributed by atoms with Crippen LogP contribution in [-0.4, -0.2) is 21.7 Å². The largest absolute Gasteiger partial charge is 0.356 e. The predicted octanol–water partition coefficient (Wildman–Crippen LogP) is 8.99. The van der Waals surface area contributed by atoms with Gasteiger partial charge >= 0.3 is 6.20 Å². The molecule has 4 nitrogen and oxygen atoms in total. The number of anilines is 1. The van der Waals surface area contributed by atoms with Gasteiger partial charge in [0, 0.05) is 5.56 Å². The molecule has 0 saturated heterocycles. The predicted molar refractivity (Wildman–Crippen MR) is 183 cm³/mol.